The topological polar surface area (TPSA) is 72.1 Å². The van der Waals surface area contributed by atoms with Gasteiger partial charge >= 0.3 is 0 Å². The fraction of sp³-hybridized carbons (Fsp3) is 0.545. The molecule has 1 fully saturated rings. The van der Waals surface area contributed by atoms with Crippen molar-refractivity contribution in [2.75, 3.05) is 18.8 Å². The molecular weight excluding hydrogens is 204 g/mol. The molecule has 2 rings (SSSR count). The molecule has 16 heavy (non-hydrogen) atoms. The first kappa shape index (κ1) is 10.9. The zero-order chi connectivity index (χ0) is 11.5. The van der Waals surface area contributed by atoms with E-state index in [9.17, 15) is 4.79 Å². The molecule has 0 aromatic carbocycles. The van der Waals surface area contributed by atoms with E-state index in [0.717, 1.165) is 19.5 Å². The molecule has 0 radical (unpaired) electrons. The third-order valence-electron chi connectivity index (χ3n) is 2.87. The summed E-state index contributed by atoms with van der Waals surface area (Å²) in [6.45, 7) is 3.73. The predicted octanol–water partition coefficient (Wildman–Crippen LogP) is 0.931. The summed E-state index contributed by atoms with van der Waals surface area (Å²) in [4.78, 5) is 21.8. The monoisotopic (exact) mass is 220 g/mol. The molecule has 86 valence electrons. The van der Waals surface area contributed by atoms with E-state index in [-0.39, 0.29) is 17.4 Å². The van der Waals surface area contributed by atoms with Crippen molar-refractivity contribution in [3.63, 3.8) is 0 Å². The highest BCUT2D eigenvalue weighted by Crippen LogP contribution is 2.18. The molecule has 5 nitrogen and oxygen atoms in total. The van der Waals surface area contributed by atoms with Gasteiger partial charge in [0.2, 0.25) is 0 Å². The van der Waals surface area contributed by atoms with Crippen LogP contribution in [0.1, 0.15) is 30.3 Å². The highest BCUT2D eigenvalue weighted by atomic mass is 16.2. The first-order valence-electron chi connectivity index (χ1n) is 5.54. The Morgan fingerprint density at radius 1 is 1.50 bits per heavy atom. The van der Waals surface area contributed by atoms with Crippen LogP contribution in [0.5, 0.6) is 0 Å². The van der Waals surface area contributed by atoms with Gasteiger partial charge in [-0.05, 0) is 18.8 Å². The molecule has 1 atom stereocenters. The van der Waals surface area contributed by atoms with E-state index < -0.39 is 0 Å². The molecule has 0 spiro atoms. The molecule has 0 aliphatic carbocycles. The Morgan fingerprint density at radius 3 is 2.94 bits per heavy atom. The molecule has 1 unspecified atom stereocenters. The van der Waals surface area contributed by atoms with Crippen LogP contribution in [0.3, 0.4) is 0 Å². The second-order valence-corrected chi connectivity index (χ2v) is 4.29. The fourth-order valence-corrected chi connectivity index (χ4v) is 2.04. The van der Waals surface area contributed by atoms with Crippen molar-refractivity contribution < 1.29 is 4.79 Å². The van der Waals surface area contributed by atoms with Crippen molar-refractivity contribution >= 4 is 11.7 Å². The third-order valence-corrected chi connectivity index (χ3v) is 2.87. The van der Waals surface area contributed by atoms with Gasteiger partial charge in [0.05, 0.1) is 0 Å². The van der Waals surface area contributed by atoms with Gasteiger partial charge in [0.15, 0.2) is 11.5 Å². The van der Waals surface area contributed by atoms with E-state index in [1.165, 1.54) is 18.8 Å². The van der Waals surface area contributed by atoms with Crippen molar-refractivity contribution in [2.24, 2.45) is 5.92 Å². The Labute approximate surface area is 94.7 Å². The highest BCUT2D eigenvalue weighted by molar-refractivity contribution is 5.96. The average molecular weight is 220 g/mol. The van der Waals surface area contributed by atoms with Crippen LogP contribution in [-0.2, 0) is 0 Å². The zero-order valence-electron chi connectivity index (χ0n) is 9.39. The summed E-state index contributed by atoms with van der Waals surface area (Å²) in [6, 6.07) is 0. The maximum absolute atomic E-state index is 12.1. The van der Waals surface area contributed by atoms with E-state index >= 15 is 0 Å². The normalized spacial score (nSPS) is 20.8. The Balaban J connectivity index is 2.16. The van der Waals surface area contributed by atoms with Crippen molar-refractivity contribution in [1.29, 1.82) is 0 Å². The molecule has 1 aromatic rings. The summed E-state index contributed by atoms with van der Waals surface area (Å²) in [5, 5.41) is 0. The van der Waals surface area contributed by atoms with Gasteiger partial charge in [0, 0.05) is 25.5 Å². The molecule has 2 heterocycles. The maximum atomic E-state index is 12.1. The van der Waals surface area contributed by atoms with E-state index in [1.807, 2.05) is 4.90 Å². The van der Waals surface area contributed by atoms with Crippen LogP contribution >= 0.6 is 0 Å². The van der Waals surface area contributed by atoms with Crippen molar-refractivity contribution in [1.82, 2.24) is 14.9 Å². The molecule has 0 bridgehead atoms. The summed E-state index contributed by atoms with van der Waals surface area (Å²) >= 11 is 0. The summed E-state index contributed by atoms with van der Waals surface area (Å²) < 4.78 is 0. The number of piperidine rings is 1. The second kappa shape index (κ2) is 4.47. The lowest BCUT2D eigenvalue weighted by Crippen LogP contribution is -2.39. The Hall–Kier alpha value is -1.65. The molecule has 1 aliphatic heterocycles. The molecule has 0 saturated carbocycles. The fourth-order valence-electron chi connectivity index (χ4n) is 2.04. The highest BCUT2D eigenvalue weighted by Gasteiger charge is 2.24. The lowest BCUT2D eigenvalue weighted by atomic mass is 10.00. The predicted molar refractivity (Wildman–Crippen MR) is 60.7 cm³/mol. The Kier molecular flexibility index (Phi) is 3.03. The van der Waals surface area contributed by atoms with Crippen LogP contribution in [0.4, 0.5) is 5.82 Å². The Bertz CT molecular complexity index is 393. The van der Waals surface area contributed by atoms with Crippen molar-refractivity contribution in [3.8, 4) is 0 Å². The van der Waals surface area contributed by atoms with Crippen LogP contribution in [0.15, 0.2) is 12.4 Å². The zero-order valence-corrected chi connectivity index (χ0v) is 9.39. The maximum Gasteiger partial charge on any atom is 0.276 e. The molecule has 2 N–H and O–H groups in total. The number of carbonyl (C=O) groups is 1. The number of carbonyl (C=O) groups excluding carboxylic acids is 1. The average Bonchev–Trinajstić information content (AvgIpc) is 2.29. The lowest BCUT2D eigenvalue weighted by Gasteiger charge is -2.30. The summed E-state index contributed by atoms with van der Waals surface area (Å²) in [5.74, 6) is 0.665. The minimum absolute atomic E-state index is 0.0999. The number of amides is 1. The van der Waals surface area contributed by atoms with Gasteiger partial charge in [0.1, 0.15) is 0 Å². The lowest BCUT2D eigenvalue weighted by molar-refractivity contribution is 0.0678. The van der Waals surface area contributed by atoms with Crippen LogP contribution < -0.4 is 5.73 Å². The number of nitrogens with two attached hydrogens (primary N) is 1. The summed E-state index contributed by atoms with van der Waals surface area (Å²) in [6.07, 6.45) is 5.22. The number of hydrogen-bond donors (Lipinski definition) is 1. The quantitative estimate of drug-likeness (QED) is 0.764. The molecule has 1 aromatic heterocycles. The minimum Gasteiger partial charge on any atom is -0.382 e. The van der Waals surface area contributed by atoms with Crippen LogP contribution in [0, 0.1) is 5.92 Å². The smallest absolute Gasteiger partial charge is 0.276 e. The van der Waals surface area contributed by atoms with Crippen LogP contribution in [-0.4, -0.2) is 33.9 Å². The number of nitrogen functional groups attached to an aromatic ring is 1. The summed E-state index contributed by atoms with van der Waals surface area (Å²) in [7, 11) is 0. The first-order valence-corrected chi connectivity index (χ1v) is 5.54. The van der Waals surface area contributed by atoms with E-state index in [0.29, 0.717) is 5.92 Å². The third kappa shape index (κ3) is 2.13. The van der Waals surface area contributed by atoms with Crippen molar-refractivity contribution in [3.05, 3.63) is 18.1 Å². The van der Waals surface area contributed by atoms with Gasteiger partial charge in [0.25, 0.3) is 5.91 Å². The molecule has 5 heteroatoms. The van der Waals surface area contributed by atoms with Crippen LogP contribution in [0.2, 0.25) is 0 Å². The van der Waals surface area contributed by atoms with Gasteiger partial charge in [-0.25, -0.2) is 9.97 Å². The Morgan fingerprint density at radius 2 is 2.25 bits per heavy atom. The van der Waals surface area contributed by atoms with Crippen molar-refractivity contribution in [2.45, 2.75) is 19.8 Å². The van der Waals surface area contributed by atoms with E-state index in [1.54, 1.807) is 0 Å². The van der Waals surface area contributed by atoms with Gasteiger partial charge in [-0.3, -0.25) is 4.79 Å². The molecule has 1 amide bonds. The van der Waals surface area contributed by atoms with E-state index in [4.69, 9.17) is 5.73 Å². The van der Waals surface area contributed by atoms with Crippen LogP contribution in [0.25, 0.3) is 0 Å². The number of nitrogens with zero attached hydrogens (tertiary/aromatic N) is 3. The molecule has 1 saturated heterocycles. The number of likely N-dealkylation sites (tertiary alicyclic amines) is 1. The first-order chi connectivity index (χ1) is 7.68. The number of aromatic nitrogens is 2. The molecular formula is C11H16N4O. The van der Waals surface area contributed by atoms with Gasteiger partial charge in [-0.15, -0.1) is 0 Å². The second-order valence-electron chi connectivity index (χ2n) is 4.29. The number of anilines is 1. The number of hydrogen-bond acceptors (Lipinski definition) is 4. The van der Waals surface area contributed by atoms with E-state index in [2.05, 4.69) is 16.9 Å². The standard InChI is InChI=1S/C11H16N4O/c1-8-3-2-6-15(7-8)11(16)9-10(12)14-5-4-13-9/h4-5,8H,2-3,6-7H2,1H3,(H2,12,14). The van der Waals surface area contributed by atoms with Gasteiger partial charge in [-0.2, -0.15) is 0 Å². The van der Waals surface area contributed by atoms with Gasteiger partial charge < -0.3 is 10.6 Å². The number of rotatable bonds is 1. The SMILES string of the molecule is CC1CCCN(C(=O)c2nccnc2N)C1. The largest absolute Gasteiger partial charge is 0.382 e. The van der Waals surface area contributed by atoms with Gasteiger partial charge in [-0.1, -0.05) is 6.92 Å². The minimum atomic E-state index is -0.0999. The molecule has 1 aliphatic rings. The summed E-state index contributed by atoms with van der Waals surface area (Å²) in [5.41, 5.74) is 5.92.